The highest BCUT2D eigenvalue weighted by molar-refractivity contribution is 5.68. The third-order valence-electron chi connectivity index (χ3n) is 2.77. The summed E-state index contributed by atoms with van der Waals surface area (Å²) >= 11 is 0. The lowest BCUT2D eigenvalue weighted by Gasteiger charge is -2.29. The van der Waals surface area contributed by atoms with Crippen molar-refractivity contribution in [3.05, 3.63) is 35.4 Å². The van der Waals surface area contributed by atoms with Gasteiger partial charge >= 0.3 is 6.09 Å². The Morgan fingerprint density at radius 3 is 2.18 bits per heavy atom. The second-order valence-electron chi connectivity index (χ2n) is 6.81. The van der Waals surface area contributed by atoms with Gasteiger partial charge in [-0.3, -0.25) is 0 Å². The number of halogens is 2. The summed E-state index contributed by atoms with van der Waals surface area (Å²) in [5.41, 5.74) is -1.22. The van der Waals surface area contributed by atoms with Crippen molar-refractivity contribution in [1.82, 2.24) is 10.6 Å². The highest BCUT2D eigenvalue weighted by Crippen LogP contribution is 2.12. The lowest BCUT2D eigenvalue weighted by atomic mass is 10.1. The molecule has 0 aliphatic heterocycles. The van der Waals surface area contributed by atoms with Crippen LogP contribution in [0.3, 0.4) is 0 Å². The van der Waals surface area contributed by atoms with Crippen LogP contribution in [0.4, 0.5) is 13.6 Å². The summed E-state index contributed by atoms with van der Waals surface area (Å²) in [6, 6.07) is 3.75. The minimum absolute atomic E-state index is 0.0180. The van der Waals surface area contributed by atoms with Gasteiger partial charge in [-0.2, -0.15) is 0 Å². The van der Waals surface area contributed by atoms with E-state index in [1.54, 1.807) is 34.6 Å². The minimum atomic E-state index is -0.621. The second kappa shape index (κ2) is 7.05. The van der Waals surface area contributed by atoms with Gasteiger partial charge in [0.05, 0.1) is 5.54 Å². The second-order valence-corrected chi connectivity index (χ2v) is 6.81. The van der Waals surface area contributed by atoms with Gasteiger partial charge in [-0.05, 0) is 46.8 Å². The van der Waals surface area contributed by atoms with E-state index in [0.29, 0.717) is 6.54 Å². The summed E-state index contributed by atoms with van der Waals surface area (Å²) < 4.78 is 32.2. The first-order chi connectivity index (χ1) is 10.0. The topological polar surface area (TPSA) is 50.4 Å². The van der Waals surface area contributed by atoms with E-state index in [1.165, 1.54) is 18.2 Å². The maximum atomic E-state index is 13.5. The molecule has 6 heteroatoms. The first kappa shape index (κ1) is 18.4. The molecule has 1 aromatic carbocycles. The van der Waals surface area contributed by atoms with Crippen LogP contribution in [0, 0.1) is 11.6 Å². The number of alkyl carbamates (subject to hydrolysis) is 1. The van der Waals surface area contributed by atoms with Crippen LogP contribution in [0.15, 0.2) is 18.2 Å². The van der Waals surface area contributed by atoms with Gasteiger partial charge in [0.1, 0.15) is 17.2 Å². The van der Waals surface area contributed by atoms with E-state index < -0.39 is 28.9 Å². The van der Waals surface area contributed by atoms with Gasteiger partial charge in [0, 0.05) is 18.7 Å². The molecule has 0 saturated heterocycles. The summed E-state index contributed by atoms with van der Waals surface area (Å²) in [7, 11) is 0. The van der Waals surface area contributed by atoms with Crippen LogP contribution in [0.25, 0.3) is 0 Å². The van der Waals surface area contributed by atoms with Crippen molar-refractivity contribution in [2.45, 2.75) is 52.3 Å². The largest absolute Gasteiger partial charge is 0.444 e. The molecular weight excluding hydrogens is 290 g/mol. The smallest absolute Gasteiger partial charge is 0.408 e. The molecule has 0 bridgehead atoms. The Labute approximate surface area is 130 Å². The predicted octanol–water partition coefficient (Wildman–Crippen LogP) is 3.36. The maximum Gasteiger partial charge on any atom is 0.408 e. The van der Waals surface area contributed by atoms with Crippen molar-refractivity contribution in [2.75, 3.05) is 6.54 Å². The molecular formula is C16H24F2N2O2. The van der Waals surface area contributed by atoms with Gasteiger partial charge in [0.15, 0.2) is 0 Å². The minimum Gasteiger partial charge on any atom is -0.444 e. The fourth-order valence-corrected chi connectivity index (χ4v) is 1.83. The summed E-state index contributed by atoms with van der Waals surface area (Å²) in [4.78, 5) is 11.7. The fourth-order valence-electron chi connectivity index (χ4n) is 1.83. The van der Waals surface area contributed by atoms with E-state index in [1.807, 2.05) is 0 Å². The van der Waals surface area contributed by atoms with Gasteiger partial charge < -0.3 is 15.4 Å². The molecule has 0 aromatic heterocycles. The Morgan fingerprint density at radius 2 is 1.68 bits per heavy atom. The van der Waals surface area contributed by atoms with E-state index in [-0.39, 0.29) is 12.1 Å². The summed E-state index contributed by atoms with van der Waals surface area (Å²) in [6.45, 7) is 9.29. The fraction of sp³-hybridized carbons (Fsp3) is 0.562. The molecule has 0 heterocycles. The number of carbonyl (C=O) groups is 1. The Balaban J connectivity index is 2.51. The molecule has 1 rings (SSSR count). The van der Waals surface area contributed by atoms with Crippen LogP contribution in [0.2, 0.25) is 0 Å². The number of ether oxygens (including phenoxy) is 1. The first-order valence-electron chi connectivity index (χ1n) is 7.15. The van der Waals surface area contributed by atoms with Crippen molar-refractivity contribution in [3.8, 4) is 0 Å². The zero-order valence-corrected chi connectivity index (χ0v) is 13.7. The third kappa shape index (κ3) is 6.39. The number of amides is 1. The molecule has 124 valence electrons. The van der Waals surface area contributed by atoms with Crippen LogP contribution in [-0.4, -0.2) is 23.8 Å². The van der Waals surface area contributed by atoms with E-state index >= 15 is 0 Å². The van der Waals surface area contributed by atoms with Crippen molar-refractivity contribution < 1.29 is 18.3 Å². The molecule has 0 radical (unpaired) electrons. The molecule has 1 amide bonds. The highest BCUT2D eigenvalue weighted by Gasteiger charge is 2.24. The number of rotatable bonds is 5. The predicted molar refractivity (Wildman–Crippen MR) is 81.5 cm³/mol. The Bertz CT molecular complexity index is 505. The third-order valence-corrected chi connectivity index (χ3v) is 2.77. The van der Waals surface area contributed by atoms with Crippen LogP contribution >= 0.6 is 0 Å². The van der Waals surface area contributed by atoms with Crippen molar-refractivity contribution in [2.24, 2.45) is 0 Å². The highest BCUT2D eigenvalue weighted by atomic mass is 19.1. The number of nitrogens with one attached hydrogen (secondary N) is 2. The van der Waals surface area contributed by atoms with Gasteiger partial charge in [0.2, 0.25) is 0 Å². The van der Waals surface area contributed by atoms with Gasteiger partial charge in [-0.15, -0.1) is 0 Å². The van der Waals surface area contributed by atoms with E-state index in [0.717, 1.165) is 0 Å². The van der Waals surface area contributed by atoms with Crippen molar-refractivity contribution in [3.63, 3.8) is 0 Å². The zero-order valence-electron chi connectivity index (χ0n) is 13.7. The average molecular weight is 314 g/mol. The number of hydrogen-bond donors (Lipinski definition) is 2. The maximum absolute atomic E-state index is 13.5. The molecule has 0 unspecified atom stereocenters. The summed E-state index contributed by atoms with van der Waals surface area (Å²) in [6.07, 6.45) is -0.531. The van der Waals surface area contributed by atoms with Crippen molar-refractivity contribution in [1.29, 1.82) is 0 Å². The normalized spacial score (nSPS) is 12.1. The van der Waals surface area contributed by atoms with Gasteiger partial charge in [-0.1, -0.05) is 6.07 Å². The Hall–Kier alpha value is -1.69. The van der Waals surface area contributed by atoms with Crippen LogP contribution in [0.5, 0.6) is 0 Å². The molecule has 0 fully saturated rings. The molecule has 0 aliphatic carbocycles. The molecule has 0 atom stereocenters. The monoisotopic (exact) mass is 314 g/mol. The molecule has 22 heavy (non-hydrogen) atoms. The quantitative estimate of drug-likeness (QED) is 0.876. The SMILES string of the molecule is CC(C)(CNCc1c(F)cccc1F)NC(=O)OC(C)(C)C. The lowest BCUT2D eigenvalue weighted by Crippen LogP contribution is -2.51. The number of hydrogen-bond acceptors (Lipinski definition) is 3. The zero-order chi connectivity index (χ0) is 17.0. The standard InChI is InChI=1S/C16H24F2N2O2/c1-15(2,3)22-14(21)20-16(4,5)10-19-9-11-12(17)7-6-8-13(11)18/h6-8,19H,9-10H2,1-5H3,(H,20,21). The Morgan fingerprint density at radius 1 is 1.14 bits per heavy atom. The molecule has 1 aromatic rings. The summed E-state index contributed by atoms with van der Waals surface area (Å²) in [5.74, 6) is -1.18. The van der Waals surface area contributed by atoms with Crippen LogP contribution in [0.1, 0.15) is 40.2 Å². The van der Waals surface area contributed by atoms with E-state index in [2.05, 4.69) is 10.6 Å². The molecule has 0 saturated carbocycles. The lowest BCUT2D eigenvalue weighted by molar-refractivity contribution is 0.0472. The van der Waals surface area contributed by atoms with Crippen LogP contribution in [-0.2, 0) is 11.3 Å². The molecule has 4 nitrogen and oxygen atoms in total. The van der Waals surface area contributed by atoms with Gasteiger partial charge in [0.25, 0.3) is 0 Å². The van der Waals surface area contributed by atoms with Gasteiger partial charge in [-0.25, -0.2) is 13.6 Å². The first-order valence-corrected chi connectivity index (χ1v) is 7.15. The van der Waals surface area contributed by atoms with E-state index in [4.69, 9.17) is 4.74 Å². The van der Waals surface area contributed by atoms with E-state index in [9.17, 15) is 13.6 Å². The number of carbonyl (C=O) groups excluding carboxylic acids is 1. The molecule has 0 spiro atoms. The average Bonchev–Trinajstić information content (AvgIpc) is 2.29. The number of benzene rings is 1. The van der Waals surface area contributed by atoms with Crippen LogP contribution < -0.4 is 10.6 Å². The molecule has 2 N–H and O–H groups in total. The van der Waals surface area contributed by atoms with Crippen molar-refractivity contribution >= 4 is 6.09 Å². The summed E-state index contributed by atoms with van der Waals surface area (Å²) in [5, 5.41) is 5.66. The Kier molecular flexibility index (Phi) is 5.88. The molecule has 0 aliphatic rings.